The molecule has 3 rings (SSSR count). The molecule has 22 heavy (non-hydrogen) atoms. The van der Waals surface area contributed by atoms with Crippen LogP contribution in [0.3, 0.4) is 0 Å². The van der Waals surface area contributed by atoms with Crippen LogP contribution in [0.1, 0.15) is 56.9 Å². The van der Waals surface area contributed by atoms with E-state index < -0.39 is 0 Å². The van der Waals surface area contributed by atoms with Gasteiger partial charge in [-0.15, -0.1) is 0 Å². The first-order chi connectivity index (χ1) is 10.8. The fourth-order valence-electron chi connectivity index (χ4n) is 3.91. The Balaban J connectivity index is 1.73. The smallest absolute Gasteiger partial charge is 0.0396 e. The second kappa shape index (κ2) is 7.00. The molecule has 0 amide bonds. The van der Waals surface area contributed by atoms with Crippen LogP contribution in [0.5, 0.6) is 0 Å². The highest BCUT2D eigenvalue weighted by molar-refractivity contribution is 5.76. The van der Waals surface area contributed by atoms with Gasteiger partial charge in [-0.2, -0.15) is 0 Å². The molecule has 0 unspecified atom stereocenters. The van der Waals surface area contributed by atoms with Crippen molar-refractivity contribution in [1.82, 2.24) is 0 Å². The van der Waals surface area contributed by atoms with Crippen molar-refractivity contribution in [1.29, 1.82) is 0 Å². The van der Waals surface area contributed by atoms with E-state index in [-0.39, 0.29) is 0 Å². The fraction of sp³-hybridized carbons (Fsp3) is 0.429. The Bertz CT molecular complexity index is 595. The summed E-state index contributed by atoms with van der Waals surface area (Å²) in [5.41, 5.74) is 11.1. The summed E-state index contributed by atoms with van der Waals surface area (Å²) < 4.78 is 0. The molecule has 0 saturated heterocycles. The molecule has 0 bridgehead atoms. The Kier molecular flexibility index (Phi) is 4.82. The second-order valence-electron chi connectivity index (χ2n) is 6.72. The van der Waals surface area contributed by atoms with E-state index in [4.69, 9.17) is 5.73 Å². The third-order valence-electron chi connectivity index (χ3n) is 5.18. The maximum atomic E-state index is 6.34. The van der Waals surface area contributed by atoms with Crippen molar-refractivity contribution in [2.45, 2.75) is 51.4 Å². The lowest BCUT2D eigenvalue weighted by Crippen LogP contribution is -2.13. The van der Waals surface area contributed by atoms with E-state index in [0.29, 0.717) is 5.92 Å². The highest BCUT2D eigenvalue weighted by Crippen LogP contribution is 2.39. The van der Waals surface area contributed by atoms with Gasteiger partial charge in [0.25, 0.3) is 0 Å². The van der Waals surface area contributed by atoms with Crippen LogP contribution in [0.15, 0.2) is 48.5 Å². The molecule has 116 valence electrons. The Hall–Kier alpha value is -1.76. The number of hydrogen-bond acceptors (Lipinski definition) is 1. The van der Waals surface area contributed by atoms with Gasteiger partial charge in [-0.1, -0.05) is 62.2 Å². The molecule has 0 heterocycles. The van der Waals surface area contributed by atoms with Crippen LogP contribution < -0.4 is 5.73 Å². The normalized spacial score (nSPS) is 21.7. The molecule has 1 heteroatoms. The lowest BCUT2D eigenvalue weighted by molar-refractivity contribution is 0.308. The predicted octanol–water partition coefficient (Wildman–Crippen LogP) is 6.01. The van der Waals surface area contributed by atoms with Crippen molar-refractivity contribution in [3.63, 3.8) is 0 Å². The van der Waals surface area contributed by atoms with Crippen LogP contribution in [-0.4, -0.2) is 0 Å². The predicted molar refractivity (Wildman–Crippen MR) is 95.9 cm³/mol. The van der Waals surface area contributed by atoms with Crippen LogP contribution in [0.4, 0.5) is 5.69 Å². The van der Waals surface area contributed by atoms with Crippen molar-refractivity contribution in [3.05, 3.63) is 54.1 Å². The fourth-order valence-corrected chi connectivity index (χ4v) is 3.91. The van der Waals surface area contributed by atoms with Crippen LogP contribution in [-0.2, 0) is 0 Å². The van der Waals surface area contributed by atoms with Gasteiger partial charge in [0.2, 0.25) is 0 Å². The molecule has 1 aliphatic rings. The first kappa shape index (κ1) is 15.1. The number of nitrogen functional groups attached to an aromatic ring is 1. The van der Waals surface area contributed by atoms with Crippen LogP contribution in [0, 0.1) is 5.92 Å². The Morgan fingerprint density at radius 1 is 0.955 bits per heavy atom. The Morgan fingerprint density at radius 2 is 1.68 bits per heavy atom. The summed E-state index contributed by atoms with van der Waals surface area (Å²) in [5, 5.41) is 0. The SMILES string of the molecule is CCCC1CCC(c2ccc(-c3ccccc3)c(N)c2)CC1. The van der Waals surface area contributed by atoms with Gasteiger partial charge in [0.1, 0.15) is 0 Å². The minimum absolute atomic E-state index is 0.709. The molecule has 1 nitrogen and oxygen atoms in total. The van der Waals surface area contributed by atoms with Crippen molar-refractivity contribution in [3.8, 4) is 11.1 Å². The molecule has 1 saturated carbocycles. The summed E-state index contributed by atoms with van der Waals surface area (Å²) in [7, 11) is 0. The van der Waals surface area contributed by atoms with Crippen molar-refractivity contribution in [2.24, 2.45) is 5.92 Å². The molecule has 0 atom stereocenters. The quantitative estimate of drug-likeness (QED) is 0.686. The minimum Gasteiger partial charge on any atom is -0.398 e. The first-order valence-corrected chi connectivity index (χ1v) is 8.72. The maximum absolute atomic E-state index is 6.34. The summed E-state index contributed by atoms with van der Waals surface area (Å²) in [6, 6.07) is 17.1. The average molecular weight is 293 g/mol. The summed E-state index contributed by atoms with van der Waals surface area (Å²) in [4.78, 5) is 0. The minimum atomic E-state index is 0.709. The van der Waals surface area contributed by atoms with Crippen LogP contribution in [0.2, 0.25) is 0 Å². The lowest BCUT2D eigenvalue weighted by Gasteiger charge is -2.29. The summed E-state index contributed by atoms with van der Waals surface area (Å²) in [5.74, 6) is 1.67. The molecule has 2 N–H and O–H groups in total. The lowest BCUT2D eigenvalue weighted by atomic mass is 9.77. The largest absolute Gasteiger partial charge is 0.398 e. The third kappa shape index (κ3) is 3.35. The summed E-state index contributed by atoms with van der Waals surface area (Å²) in [6.45, 7) is 2.30. The molecule has 0 spiro atoms. The highest BCUT2D eigenvalue weighted by Gasteiger charge is 2.22. The average Bonchev–Trinajstić information content (AvgIpc) is 2.56. The number of nitrogens with two attached hydrogens (primary N) is 1. The van der Waals surface area contributed by atoms with E-state index in [1.807, 2.05) is 6.07 Å². The maximum Gasteiger partial charge on any atom is 0.0396 e. The molecule has 1 fully saturated rings. The number of benzene rings is 2. The van der Waals surface area contributed by atoms with E-state index in [0.717, 1.165) is 17.2 Å². The van der Waals surface area contributed by atoms with E-state index >= 15 is 0 Å². The number of rotatable bonds is 4. The van der Waals surface area contributed by atoms with Gasteiger partial charge in [0.15, 0.2) is 0 Å². The number of anilines is 1. The van der Waals surface area contributed by atoms with E-state index in [2.05, 4.69) is 49.4 Å². The molecule has 0 aromatic heterocycles. The summed E-state index contributed by atoms with van der Waals surface area (Å²) >= 11 is 0. The molecule has 2 aromatic carbocycles. The van der Waals surface area contributed by atoms with E-state index in [1.54, 1.807) is 0 Å². The molecule has 0 radical (unpaired) electrons. The zero-order valence-corrected chi connectivity index (χ0v) is 13.6. The Morgan fingerprint density at radius 3 is 2.32 bits per heavy atom. The van der Waals surface area contributed by atoms with Gasteiger partial charge >= 0.3 is 0 Å². The van der Waals surface area contributed by atoms with Gasteiger partial charge < -0.3 is 5.73 Å². The van der Waals surface area contributed by atoms with E-state index in [1.165, 1.54) is 49.7 Å². The number of hydrogen-bond donors (Lipinski definition) is 1. The van der Waals surface area contributed by atoms with Gasteiger partial charge in [-0.3, -0.25) is 0 Å². The van der Waals surface area contributed by atoms with E-state index in [9.17, 15) is 0 Å². The standard InChI is InChI=1S/C21H27N/c1-2-6-16-9-11-17(12-10-16)19-13-14-20(21(22)15-19)18-7-4-3-5-8-18/h3-5,7-8,13-17H,2,6,9-12,22H2,1H3. The molecule has 1 aliphatic carbocycles. The second-order valence-corrected chi connectivity index (χ2v) is 6.72. The molecular weight excluding hydrogens is 266 g/mol. The molecular formula is C21H27N. The van der Waals surface area contributed by atoms with Gasteiger partial charge in [0.05, 0.1) is 0 Å². The highest BCUT2D eigenvalue weighted by atomic mass is 14.6. The van der Waals surface area contributed by atoms with Gasteiger partial charge in [0, 0.05) is 11.3 Å². The zero-order chi connectivity index (χ0) is 15.4. The van der Waals surface area contributed by atoms with Crippen molar-refractivity contribution in [2.75, 3.05) is 5.73 Å². The van der Waals surface area contributed by atoms with Crippen molar-refractivity contribution < 1.29 is 0 Å². The van der Waals surface area contributed by atoms with Crippen LogP contribution in [0.25, 0.3) is 11.1 Å². The van der Waals surface area contributed by atoms with Gasteiger partial charge in [-0.25, -0.2) is 0 Å². The Labute approximate surface area is 134 Å². The molecule has 0 aliphatic heterocycles. The van der Waals surface area contributed by atoms with Crippen molar-refractivity contribution >= 4 is 5.69 Å². The third-order valence-corrected chi connectivity index (χ3v) is 5.18. The van der Waals surface area contributed by atoms with Crippen LogP contribution >= 0.6 is 0 Å². The summed E-state index contributed by atoms with van der Waals surface area (Å²) in [6.07, 6.45) is 8.16. The first-order valence-electron chi connectivity index (χ1n) is 8.72. The van der Waals surface area contributed by atoms with Gasteiger partial charge in [-0.05, 0) is 54.7 Å². The zero-order valence-electron chi connectivity index (χ0n) is 13.6. The molecule has 2 aromatic rings. The monoisotopic (exact) mass is 293 g/mol. The topological polar surface area (TPSA) is 26.0 Å².